The summed E-state index contributed by atoms with van der Waals surface area (Å²) in [7, 11) is 0. The highest BCUT2D eigenvalue weighted by molar-refractivity contribution is 9.10. The van der Waals surface area contributed by atoms with Gasteiger partial charge in [-0.2, -0.15) is 0 Å². The van der Waals surface area contributed by atoms with Crippen molar-refractivity contribution < 1.29 is 0 Å². The van der Waals surface area contributed by atoms with E-state index in [4.69, 9.17) is 11.6 Å². The van der Waals surface area contributed by atoms with E-state index in [-0.39, 0.29) is 0 Å². The molecule has 0 amide bonds. The summed E-state index contributed by atoms with van der Waals surface area (Å²) in [5, 5.41) is 7.18. The first-order valence-corrected chi connectivity index (χ1v) is 5.71. The van der Waals surface area contributed by atoms with Crippen molar-refractivity contribution in [3.05, 3.63) is 21.9 Å². The van der Waals surface area contributed by atoms with Crippen LogP contribution >= 0.6 is 27.5 Å². The number of nitrogens with zero attached hydrogens (tertiary/aromatic N) is 1. The van der Waals surface area contributed by atoms with Gasteiger partial charge in [0.1, 0.15) is 0 Å². The van der Waals surface area contributed by atoms with Gasteiger partial charge in [0.25, 0.3) is 0 Å². The van der Waals surface area contributed by atoms with Crippen LogP contribution in [-0.4, -0.2) is 24.1 Å². The predicted octanol–water partition coefficient (Wildman–Crippen LogP) is 2.27. The third-order valence-corrected chi connectivity index (χ3v) is 2.96. The summed E-state index contributed by atoms with van der Waals surface area (Å²) >= 11 is 9.33. The Bertz CT molecular complexity index is 326. The maximum Gasteiger partial charge on any atom is 0.152 e. The molecule has 2 heterocycles. The summed E-state index contributed by atoms with van der Waals surface area (Å²) < 4.78 is 0.940. The highest BCUT2D eigenvalue weighted by atomic mass is 79.9. The Morgan fingerprint density at radius 3 is 3.21 bits per heavy atom. The Balaban J connectivity index is 2.10. The lowest BCUT2D eigenvalue weighted by Crippen LogP contribution is -2.22. The second kappa shape index (κ2) is 4.47. The van der Waals surface area contributed by atoms with Crippen LogP contribution in [0.1, 0.15) is 6.42 Å². The van der Waals surface area contributed by atoms with Crippen molar-refractivity contribution in [2.75, 3.05) is 18.4 Å². The molecule has 0 saturated carbocycles. The third kappa shape index (κ3) is 2.38. The zero-order valence-corrected chi connectivity index (χ0v) is 9.90. The van der Waals surface area contributed by atoms with Crippen LogP contribution in [0.3, 0.4) is 0 Å². The molecule has 3 nitrogen and oxygen atoms in total. The molecule has 1 atom stereocenters. The third-order valence-electron chi connectivity index (χ3n) is 2.23. The number of hydrogen-bond acceptors (Lipinski definition) is 3. The lowest BCUT2D eigenvalue weighted by atomic mass is 10.2. The van der Waals surface area contributed by atoms with Gasteiger partial charge in [0.05, 0.1) is 5.69 Å². The normalized spacial score (nSPS) is 21.1. The van der Waals surface area contributed by atoms with Crippen molar-refractivity contribution in [3.63, 3.8) is 0 Å². The number of rotatable bonds is 2. The predicted molar refractivity (Wildman–Crippen MR) is 61.8 cm³/mol. The molecule has 1 aromatic heterocycles. The van der Waals surface area contributed by atoms with Gasteiger partial charge in [-0.15, -0.1) is 0 Å². The van der Waals surface area contributed by atoms with Gasteiger partial charge in [0.2, 0.25) is 0 Å². The highest BCUT2D eigenvalue weighted by Gasteiger charge is 2.15. The molecular formula is C9H11BrClN3. The van der Waals surface area contributed by atoms with Gasteiger partial charge in [0.15, 0.2) is 5.15 Å². The molecular weight excluding hydrogens is 265 g/mol. The summed E-state index contributed by atoms with van der Waals surface area (Å²) in [6.45, 7) is 2.06. The van der Waals surface area contributed by atoms with Crippen LogP contribution in [0.4, 0.5) is 5.69 Å². The molecule has 1 aliphatic rings. The molecule has 0 aliphatic carbocycles. The maximum absolute atomic E-state index is 5.96. The van der Waals surface area contributed by atoms with E-state index >= 15 is 0 Å². The molecule has 0 aromatic carbocycles. The average molecular weight is 277 g/mol. The molecule has 2 rings (SSSR count). The largest absolute Gasteiger partial charge is 0.378 e. The zero-order valence-electron chi connectivity index (χ0n) is 7.56. The van der Waals surface area contributed by atoms with Crippen LogP contribution in [0.25, 0.3) is 0 Å². The van der Waals surface area contributed by atoms with Gasteiger partial charge in [-0.1, -0.05) is 11.6 Å². The van der Waals surface area contributed by atoms with Crippen molar-refractivity contribution in [1.82, 2.24) is 10.3 Å². The van der Waals surface area contributed by atoms with Crippen LogP contribution in [0, 0.1) is 0 Å². The van der Waals surface area contributed by atoms with Crippen molar-refractivity contribution in [1.29, 1.82) is 0 Å². The SMILES string of the molecule is Clc1ncc(Br)cc1NC1CCNC1. The van der Waals surface area contributed by atoms with Crippen molar-refractivity contribution in [2.45, 2.75) is 12.5 Å². The number of pyridine rings is 1. The lowest BCUT2D eigenvalue weighted by molar-refractivity contribution is 0.792. The minimum Gasteiger partial charge on any atom is -0.378 e. The standard InChI is InChI=1S/C9H11BrClN3/c10-6-3-8(9(11)13-4-6)14-7-1-2-12-5-7/h3-4,7,12,14H,1-2,5H2. The summed E-state index contributed by atoms with van der Waals surface area (Å²) in [6, 6.07) is 2.41. The first-order valence-electron chi connectivity index (χ1n) is 4.54. The fourth-order valence-electron chi connectivity index (χ4n) is 1.52. The van der Waals surface area contributed by atoms with Crippen LogP contribution in [0.5, 0.6) is 0 Å². The van der Waals surface area contributed by atoms with Gasteiger partial charge in [-0.25, -0.2) is 4.98 Å². The van der Waals surface area contributed by atoms with Crippen LogP contribution < -0.4 is 10.6 Å². The average Bonchev–Trinajstić information content (AvgIpc) is 2.64. The van der Waals surface area contributed by atoms with Crippen molar-refractivity contribution in [3.8, 4) is 0 Å². The van der Waals surface area contributed by atoms with Gasteiger partial charge >= 0.3 is 0 Å². The van der Waals surface area contributed by atoms with Crippen LogP contribution in [0.2, 0.25) is 5.15 Å². The van der Waals surface area contributed by atoms with Crippen molar-refractivity contribution in [2.24, 2.45) is 0 Å². The number of aromatic nitrogens is 1. The number of anilines is 1. The van der Waals surface area contributed by atoms with Crippen molar-refractivity contribution >= 4 is 33.2 Å². The number of hydrogen-bond donors (Lipinski definition) is 2. The topological polar surface area (TPSA) is 37.0 Å². The summed E-state index contributed by atoms with van der Waals surface area (Å²) in [5.41, 5.74) is 0.898. The molecule has 0 spiro atoms. The molecule has 76 valence electrons. The molecule has 1 unspecified atom stereocenters. The summed E-state index contributed by atoms with van der Waals surface area (Å²) in [4.78, 5) is 4.06. The first kappa shape index (κ1) is 10.2. The zero-order chi connectivity index (χ0) is 9.97. The Kier molecular flexibility index (Phi) is 3.26. The number of halogens is 2. The van der Waals surface area contributed by atoms with E-state index in [1.807, 2.05) is 6.07 Å². The summed E-state index contributed by atoms with van der Waals surface area (Å²) in [5.74, 6) is 0. The number of nitrogens with one attached hydrogen (secondary N) is 2. The van der Waals surface area contributed by atoms with E-state index in [0.717, 1.165) is 29.7 Å². The Morgan fingerprint density at radius 2 is 2.50 bits per heavy atom. The van der Waals surface area contributed by atoms with E-state index < -0.39 is 0 Å². The van der Waals surface area contributed by atoms with Crippen LogP contribution in [-0.2, 0) is 0 Å². The fourth-order valence-corrected chi connectivity index (χ4v) is 2.01. The molecule has 1 aromatic rings. The Hall–Kier alpha value is -0.320. The molecule has 1 aliphatic heterocycles. The molecule has 0 bridgehead atoms. The van der Waals surface area contributed by atoms with E-state index in [9.17, 15) is 0 Å². The van der Waals surface area contributed by atoms with E-state index in [1.54, 1.807) is 6.20 Å². The Morgan fingerprint density at radius 1 is 1.64 bits per heavy atom. The molecule has 14 heavy (non-hydrogen) atoms. The van der Waals surface area contributed by atoms with Gasteiger partial charge in [-0.05, 0) is 35.0 Å². The Labute approximate surface area is 96.4 Å². The highest BCUT2D eigenvalue weighted by Crippen LogP contribution is 2.24. The van der Waals surface area contributed by atoms with E-state index in [1.165, 1.54) is 0 Å². The summed E-state index contributed by atoms with van der Waals surface area (Å²) in [6.07, 6.45) is 2.82. The monoisotopic (exact) mass is 275 g/mol. The van der Waals surface area contributed by atoms with E-state index in [2.05, 4.69) is 31.5 Å². The minimum absolute atomic E-state index is 0.462. The smallest absolute Gasteiger partial charge is 0.152 e. The van der Waals surface area contributed by atoms with Gasteiger partial charge in [-0.3, -0.25) is 0 Å². The molecule has 2 N–H and O–H groups in total. The lowest BCUT2D eigenvalue weighted by Gasteiger charge is -2.13. The minimum atomic E-state index is 0.462. The second-order valence-corrected chi connectivity index (χ2v) is 4.60. The molecule has 0 radical (unpaired) electrons. The van der Waals surface area contributed by atoms with Gasteiger partial charge in [0, 0.05) is 23.3 Å². The molecule has 5 heteroatoms. The second-order valence-electron chi connectivity index (χ2n) is 3.33. The molecule has 1 saturated heterocycles. The van der Waals surface area contributed by atoms with Gasteiger partial charge < -0.3 is 10.6 Å². The first-order chi connectivity index (χ1) is 6.75. The van der Waals surface area contributed by atoms with Crippen LogP contribution in [0.15, 0.2) is 16.7 Å². The maximum atomic E-state index is 5.96. The fraction of sp³-hybridized carbons (Fsp3) is 0.444. The quantitative estimate of drug-likeness (QED) is 0.814. The molecule has 1 fully saturated rings. The van der Waals surface area contributed by atoms with E-state index in [0.29, 0.717) is 11.2 Å².